The van der Waals surface area contributed by atoms with Gasteiger partial charge in [-0.3, -0.25) is 19.3 Å². The Morgan fingerprint density at radius 3 is 2.70 bits per heavy atom. The van der Waals surface area contributed by atoms with E-state index < -0.39 is 18.1 Å². The molecule has 3 amide bonds. The van der Waals surface area contributed by atoms with Crippen LogP contribution < -0.4 is 20.1 Å². The number of piperazine rings is 1. The van der Waals surface area contributed by atoms with E-state index >= 15 is 0 Å². The third-order valence-corrected chi connectivity index (χ3v) is 11.1. The van der Waals surface area contributed by atoms with Gasteiger partial charge in [0.15, 0.2) is 11.5 Å². The maximum atomic E-state index is 13.7. The van der Waals surface area contributed by atoms with Crippen LogP contribution in [-0.4, -0.2) is 112 Å². The van der Waals surface area contributed by atoms with Crippen molar-refractivity contribution < 1.29 is 33.4 Å². The first kappa shape index (κ1) is 36.6. The van der Waals surface area contributed by atoms with E-state index in [9.17, 15) is 23.9 Å². The summed E-state index contributed by atoms with van der Waals surface area (Å²) in [6.07, 6.45) is 2.10. The van der Waals surface area contributed by atoms with Crippen molar-refractivity contribution in [1.29, 1.82) is 0 Å². The number of carbonyl (C=O) groups excluding carboxylic acids is 3. The molecule has 4 aromatic rings. The van der Waals surface area contributed by atoms with Crippen molar-refractivity contribution in [3.63, 3.8) is 0 Å². The van der Waals surface area contributed by atoms with Crippen LogP contribution in [0.15, 0.2) is 59.8 Å². The molecule has 2 fully saturated rings. The summed E-state index contributed by atoms with van der Waals surface area (Å²) < 4.78 is 25.4. The van der Waals surface area contributed by atoms with Gasteiger partial charge in [-0.25, -0.2) is 14.4 Å². The molecule has 3 aliphatic heterocycles. The number of hydrogen-bond donors (Lipinski definition) is 3. The van der Waals surface area contributed by atoms with E-state index in [-0.39, 0.29) is 28.5 Å². The fourth-order valence-electron chi connectivity index (χ4n) is 6.86. The lowest BCUT2D eigenvalue weighted by Crippen LogP contribution is -2.54. The Kier molecular flexibility index (Phi) is 11.1. The number of methoxy groups -OCH3 is 1. The summed E-state index contributed by atoms with van der Waals surface area (Å²) in [6.45, 7) is 4.28. The van der Waals surface area contributed by atoms with Gasteiger partial charge in [-0.05, 0) is 61.2 Å². The number of amides is 3. The Labute approximate surface area is 314 Å². The number of aliphatic hydroxyl groups is 1. The van der Waals surface area contributed by atoms with Crippen molar-refractivity contribution >= 4 is 63.5 Å². The van der Waals surface area contributed by atoms with Gasteiger partial charge in [0.05, 0.1) is 30.0 Å². The van der Waals surface area contributed by atoms with Gasteiger partial charge in [0, 0.05) is 66.9 Å². The van der Waals surface area contributed by atoms with Crippen molar-refractivity contribution in [2.24, 2.45) is 0 Å². The summed E-state index contributed by atoms with van der Waals surface area (Å²) in [5, 5.41) is 16.2. The Morgan fingerprint density at radius 2 is 1.92 bits per heavy atom. The number of anilines is 2. The number of ether oxygens (including phenoxy) is 2. The van der Waals surface area contributed by atoms with Crippen LogP contribution in [0.1, 0.15) is 35.2 Å². The second-order valence-electron chi connectivity index (χ2n) is 13.0. The van der Waals surface area contributed by atoms with Gasteiger partial charge in [0.25, 0.3) is 5.91 Å². The van der Waals surface area contributed by atoms with E-state index in [4.69, 9.17) is 21.1 Å². The van der Waals surface area contributed by atoms with E-state index in [1.807, 2.05) is 23.1 Å². The van der Waals surface area contributed by atoms with Gasteiger partial charge in [0.1, 0.15) is 30.2 Å². The molecule has 13 nitrogen and oxygen atoms in total. The van der Waals surface area contributed by atoms with Gasteiger partial charge in [-0.2, -0.15) is 0 Å². The summed E-state index contributed by atoms with van der Waals surface area (Å²) in [5.41, 5.74) is 2.62. The number of halogens is 2. The number of aromatic nitrogens is 2. The molecule has 0 saturated carbocycles. The SMILES string of the molecule is COc1cc2ncnc(Nc3ccc(F)c(Cl)c3)c2cc1OCCCN1CCN(C(=O)CSc2cccc3c2CN(C2CCC(O)NC2=O)C3=O)CC1. The second kappa shape index (κ2) is 16.1. The number of nitrogens with zero attached hydrogens (tertiary/aromatic N) is 5. The molecular formula is C37H39ClFN7O6S. The number of carbonyl (C=O) groups is 3. The average Bonchev–Trinajstić information content (AvgIpc) is 3.50. The predicted molar refractivity (Wildman–Crippen MR) is 198 cm³/mol. The Morgan fingerprint density at radius 1 is 1.09 bits per heavy atom. The fourth-order valence-corrected chi connectivity index (χ4v) is 8.02. The number of hydrogen-bond acceptors (Lipinski definition) is 11. The Hall–Kier alpha value is -4.70. The quantitative estimate of drug-likeness (QED) is 0.139. The molecule has 2 saturated heterocycles. The van der Waals surface area contributed by atoms with E-state index in [2.05, 4.69) is 25.5 Å². The van der Waals surface area contributed by atoms with Crippen LogP contribution in [0.2, 0.25) is 5.02 Å². The second-order valence-corrected chi connectivity index (χ2v) is 14.5. The minimum Gasteiger partial charge on any atom is -0.493 e. The zero-order chi connectivity index (χ0) is 37.1. The maximum Gasteiger partial charge on any atom is 0.255 e. The van der Waals surface area contributed by atoms with Gasteiger partial charge in [0.2, 0.25) is 11.8 Å². The molecule has 2 atom stereocenters. The summed E-state index contributed by atoms with van der Waals surface area (Å²) >= 11 is 7.38. The Balaban J connectivity index is 0.878. The number of thioether (sulfide) groups is 1. The van der Waals surface area contributed by atoms with Crippen molar-refractivity contribution in [2.75, 3.05) is 57.5 Å². The lowest BCUT2D eigenvalue weighted by atomic mass is 10.0. The first-order valence-electron chi connectivity index (χ1n) is 17.4. The van der Waals surface area contributed by atoms with Crippen LogP contribution in [0.4, 0.5) is 15.9 Å². The lowest BCUT2D eigenvalue weighted by Gasteiger charge is -2.34. The number of piperidine rings is 1. The summed E-state index contributed by atoms with van der Waals surface area (Å²) in [6, 6.07) is 12.8. The maximum absolute atomic E-state index is 13.7. The molecule has 0 spiro atoms. The minimum absolute atomic E-state index is 0.00114. The van der Waals surface area contributed by atoms with Crippen molar-refractivity contribution in [1.82, 2.24) is 30.0 Å². The molecule has 7 rings (SSSR count). The summed E-state index contributed by atoms with van der Waals surface area (Å²) in [7, 11) is 1.57. The van der Waals surface area contributed by atoms with Crippen LogP contribution in [0.5, 0.6) is 11.5 Å². The molecule has 4 heterocycles. The number of nitrogens with one attached hydrogen (secondary N) is 2. The summed E-state index contributed by atoms with van der Waals surface area (Å²) in [5.74, 6) is 0.838. The van der Waals surface area contributed by atoms with Crippen molar-refractivity contribution in [3.8, 4) is 11.5 Å². The normalized spacial score (nSPS) is 18.9. The molecule has 3 aromatic carbocycles. The zero-order valence-corrected chi connectivity index (χ0v) is 30.6. The molecule has 3 N–H and O–H groups in total. The van der Waals surface area contributed by atoms with Crippen LogP contribution >= 0.6 is 23.4 Å². The molecule has 0 radical (unpaired) electrons. The summed E-state index contributed by atoms with van der Waals surface area (Å²) in [4.78, 5) is 54.3. The minimum atomic E-state index is -0.884. The molecule has 2 unspecified atom stereocenters. The molecule has 3 aliphatic rings. The van der Waals surface area contributed by atoms with Crippen molar-refractivity contribution in [3.05, 3.63) is 76.8 Å². The smallest absolute Gasteiger partial charge is 0.255 e. The highest BCUT2D eigenvalue weighted by Gasteiger charge is 2.40. The lowest BCUT2D eigenvalue weighted by molar-refractivity contribution is -0.132. The number of benzene rings is 3. The van der Waals surface area contributed by atoms with E-state index in [1.165, 1.54) is 30.2 Å². The van der Waals surface area contributed by atoms with Crippen molar-refractivity contribution in [2.45, 2.75) is 43.0 Å². The first-order chi connectivity index (χ1) is 25.7. The van der Waals surface area contributed by atoms with Gasteiger partial charge < -0.3 is 35.0 Å². The topological polar surface area (TPSA) is 149 Å². The number of fused-ring (bicyclic) bond motifs is 2. The first-order valence-corrected chi connectivity index (χ1v) is 18.8. The van der Waals surface area contributed by atoms with Crippen LogP contribution in [0.25, 0.3) is 10.9 Å². The molecule has 16 heteroatoms. The predicted octanol–water partition coefficient (Wildman–Crippen LogP) is 4.43. The fraction of sp³-hybridized carbons (Fsp3) is 0.378. The third kappa shape index (κ3) is 8.12. The van der Waals surface area contributed by atoms with Gasteiger partial charge >= 0.3 is 0 Å². The highest BCUT2D eigenvalue weighted by molar-refractivity contribution is 8.00. The number of aliphatic hydroxyl groups excluding tert-OH is 1. The monoisotopic (exact) mass is 763 g/mol. The van der Waals surface area contributed by atoms with Gasteiger partial charge in [-0.15, -0.1) is 11.8 Å². The molecule has 278 valence electrons. The average molecular weight is 764 g/mol. The van der Waals surface area contributed by atoms with Crippen LogP contribution in [-0.2, 0) is 16.1 Å². The van der Waals surface area contributed by atoms with Gasteiger partial charge in [-0.1, -0.05) is 17.7 Å². The standard InChI is InChI=1S/C37H39ClFN7O6S/c1-51-30-18-28-24(35(41-21-40-28)42-22-6-7-27(39)26(38)16-22)17-31(30)52-15-3-10-44-11-13-45(14-12-44)34(48)20-53-32-5-2-4-23-25(32)19-46(37(23)50)29-8-9-33(47)43-36(29)49/h2,4-7,16-18,21,29,33,47H,3,8-15,19-20H2,1H3,(H,43,49)(H,40,41,42). The highest BCUT2D eigenvalue weighted by Crippen LogP contribution is 2.36. The largest absolute Gasteiger partial charge is 0.493 e. The van der Waals surface area contributed by atoms with E-state index in [0.717, 1.165) is 36.5 Å². The molecule has 0 bridgehead atoms. The van der Waals surface area contributed by atoms with Crippen LogP contribution in [0, 0.1) is 5.82 Å². The van der Waals surface area contributed by atoms with Crippen LogP contribution in [0.3, 0.4) is 0 Å². The zero-order valence-electron chi connectivity index (χ0n) is 29.0. The van der Waals surface area contributed by atoms with E-state index in [1.54, 1.807) is 30.2 Å². The molecule has 53 heavy (non-hydrogen) atoms. The molecular weight excluding hydrogens is 725 g/mol. The number of rotatable bonds is 12. The Bertz CT molecular complexity index is 2030. The highest BCUT2D eigenvalue weighted by atomic mass is 35.5. The molecule has 0 aliphatic carbocycles. The molecule has 1 aromatic heterocycles. The van der Waals surface area contributed by atoms with E-state index in [0.29, 0.717) is 78.6 Å². The third-order valence-electron chi connectivity index (χ3n) is 9.71.